The fraction of sp³-hybridized carbons (Fsp3) is 0.400. The lowest BCUT2D eigenvalue weighted by molar-refractivity contribution is -0.125. The minimum atomic E-state index is -0.516. The van der Waals surface area contributed by atoms with Crippen molar-refractivity contribution in [2.24, 2.45) is 0 Å². The van der Waals surface area contributed by atoms with E-state index in [1.165, 1.54) is 0 Å². The van der Waals surface area contributed by atoms with E-state index in [0.717, 1.165) is 12.8 Å². The van der Waals surface area contributed by atoms with Crippen molar-refractivity contribution in [2.45, 2.75) is 31.8 Å². The first-order valence-electron chi connectivity index (χ1n) is 9.33. The molecule has 1 aromatic heterocycles. The third-order valence-electron chi connectivity index (χ3n) is 4.88. The molecule has 1 saturated heterocycles. The number of ether oxygens (including phenoxy) is 2. The van der Waals surface area contributed by atoms with Crippen LogP contribution in [0.1, 0.15) is 35.4 Å². The third-order valence-corrected chi connectivity index (χ3v) is 5.16. The maximum absolute atomic E-state index is 13.1. The Hall–Kier alpha value is -2.67. The number of amides is 2. The van der Waals surface area contributed by atoms with Crippen molar-refractivity contribution in [1.82, 2.24) is 10.2 Å². The summed E-state index contributed by atoms with van der Waals surface area (Å²) >= 11 is 6.31. The number of halogens is 1. The Morgan fingerprint density at radius 1 is 1.21 bits per heavy atom. The van der Waals surface area contributed by atoms with Crippen molar-refractivity contribution < 1.29 is 23.5 Å². The van der Waals surface area contributed by atoms with Gasteiger partial charge in [0.15, 0.2) is 11.5 Å². The Balaban J connectivity index is 1.49. The van der Waals surface area contributed by atoms with Crippen LogP contribution in [-0.4, -0.2) is 42.5 Å². The molecule has 3 heterocycles. The van der Waals surface area contributed by atoms with E-state index in [1.807, 2.05) is 0 Å². The van der Waals surface area contributed by atoms with Crippen LogP contribution < -0.4 is 14.8 Å². The van der Waals surface area contributed by atoms with Gasteiger partial charge in [-0.3, -0.25) is 9.59 Å². The number of carbonyl (C=O) groups excluding carboxylic acids is 2. The van der Waals surface area contributed by atoms with Gasteiger partial charge in [-0.15, -0.1) is 0 Å². The quantitative estimate of drug-likeness (QED) is 0.847. The molecule has 1 fully saturated rings. The summed E-state index contributed by atoms with van der Waals surface area (Å²) in [6.45, 7) is 1.83. The number of furan rings is 1. The van der Waals surface area contributed by atoms with Gasteiger partial charge in [0, 0.05) is 18.5 Å². The molecule has 2 aliphatic heterocycles. The molecule has 1 atom stereocenters. The zero-order valence-corrected chi connectivity index (χ0v) is 16.0. The Morgan fingerprint density at radius 2 is 2.07 bits per heavy atom. The molecule has 0 radical (unpaired) electrons. The third kappa shape index (κ3) is 3.80. The number of nitrogens with zero attached hydrogens (tertiary/aromatic N) is 1. The van der Waals surface area contributed by atoms with Gasteiger partial charge < -0.3 is 24.1 Å². The molecule has 8 heteroatoms. The predicted octanol–water partition coefficient (Wildman–Crippen LogP) is 3.02. The van der Waals surface area contributed by atoms with Crippen LogP contribution in [0, 0.1) is 0 Å². The smallest absolute Gasteiger partial charge is 0.254 e. The highest BCUT2D eigenvalue weighted by atomic mass is 35.5. The molecule has 0 aliphatic carbocycles. The lowest BCUT2D eigenvalue weighted by Crippen LogP contribution is -2.45. The Bertz CT molecular complexity index is 868. The van der Waals surface area contributed by atoms with Crippen LogP contribution in [0.2, 0.25) is 5.02 Å². The van der Waals surface area contributed by atoms with Crippen molar-refractivity contribution in [1.29, 1.82) is 0 Å². The van der Waals surface area contributed by atoms with E-state index in [-0.39, 0.29) is 11.8 Å². The molecule has 0 saturated carbocycles. The lowest BCUT2D eigenvalue weighted by Gasteiger charge is -2.24. The molecule has 4 rings (SSSR count). The number of benzene rings is 1. The molecule has 1 N–H and O–H groups in total. The first-order valence-corrected chi connectivity index (χ1v) is 9.71. The summed E-state index contributed by atoms with van der Waals surface area (Å²) in [5, 5.41) is 3.17. The SMILES string of the molecule is O=C(NCc1ccco1)[C@H]1CCCN1C(=O)c1cc(Cl)c2c(c1)OCCCO2. The average molecular weight is 405 g/mol. The minimum Gasteiger partial charge on any atom is -0.489 e. The molecule has 2 amide bonds. The second kappa shape index (κ2) is 8.14. The molecule has 7 nitrogen and oxygen atoms in total. The number of fused-ring (bicyclic) bond motifs is 1. The van der Waals surface area contributed by atoms with Gasteiger partial charge >= 0.3 is 0 Å². The summed E-state index contributed by atoms with van der Waals surface area (Å²) < 4.78 is 16.5. The monoisotopic (exact) mass is 404 g/mol. The van der Waals surface area contributed by atoms with Crippen molar-refractivity contribution in [3.8, 4) is 11.5 Å². The molecule has 2 aromatic rings. The summed E-state index contributed by atoms with van der Waals surface area (Å²) in [4.78, 5) is 27.3. The zero-order chi connectivity index (χ0) is 19.5. The maximum atomic E-state index is 13.1. The van der Waals surface area contributed by atoms with E-state index >= 15 is 0 Å². The van der Waals surface area contributed by atoms with Crippen LogP contribution in [0.15, 0.2) is 34.9 Å². The predicted molar refractivity (Wildman–Crippen MR) is 102 cm³/mol. The molecule has 148 valence electrons. The highest BCUT2D eigenvalue weighted by Gasteiger charge is 2.35. The van der Waals surface area contributed by atoms with Gasteiger partial charge in [-0.2, -0.15) is 0 Å². The summed E-state index contributed by atoms with van der Waals surface area (Å²) in [5.41, 5.74) is 0.389. The molecule has 28 heavy (non-hydrogen) atoms. The normalized spacial score (nSPS) is 18.6. The van der Waals surface area contributed by atoms with Crippen LogP contribution in [-0.2, 0) is 11.3 Å². The summed E-state index contributed by atoms with van der Waals surface area (Å²) in [5.74, 6) is 1.16. The fourth-order valence-corrected chi connectivity index (χ4v) is 3.77. The summed E-state index contributed by atoms with van der Waals surface area (Å²) in [6.07, 6.45) is 3.69. The largest absolute Gasteiger partial charge is 0.489 e. The summed E-state index contributed by atoms with van der Waals surface area (Å²) in [7, 11) is 0. The van der Waals surface area contributed by atoms with E-state index in [9.17, 15) is 9.59 Å². The number of likely N-dealkylation sites (tertiary alicyclic amines) is 1. The van der Waals surface area contributed by atoms with E-state index < -0.39 is 6.04 Å². The molecule has 0 unspecified atom stereocenters. The number of carbonyl (C=O) groups is 2. The van der Waals surface area contributed by atoms with Gasteiger partial charge in [-0.1, -0.05) is 11.6 Å². The molecule has 0 spiro atoms. The Kier molecular flexibility index (Phi) is 5.43. The standard InChI is InChI=1S/C20H21ClN2O5/c21-15-10-13(11-17-18(15)28-9-3-8-27-17)20(25)23-6-1-5-16(23)19(24)22-12-14-4-2-7-26-14/h2,4,7,10-11,16H,1,3,5-6,8-9,12H2,(H,22,24)/t16-/m1/s1. The fourth-order valence-electron chi connectivity index (χ4n) is 3.51. The van der Waals surface area contributed by atoms with Crippen molar-refractivity contribution in [2.75, 3.05) is 19.8 Å². The highest BCUT2D eigenvalue weighted by molar-refractivity contribution is 6.32. The number of nitrogens with one attached hydrogen (secondary N) is 1. The van der Waals surface area contributed by atoms with Crippen molar-refractivity contribution >= 4 is 23.4 Å². The van der Waals surface area contributed by atoms with Crippen LogP contribution in [0.5, 0.6) is 11.5 Å². The minimum absolute atomic E-state index is 0.192. The molecule has 0 bridgehead atoms. The van der Waals surface area contributed by atoms with Gasteiger partial charge in [0.05, 0.1) is 31.0 Å². The Morgan fingerprint density at radius 3 is 2.89 bits per heavy atom. The zero-order valence-electron chi connectivity index (χ0n) is 15.3. The first-order chi connectivity index (χ1) is 13.6. The van der Waals surface area contributed by atoms with Crippen molar-refractivity contribution in [3.63, 3.8) is 0 Å². The highest BCUT2D eigenvalue weighted by Crippen LogP contribution is 2.38. The van der Waals surface area contributed by atoms with Gasteiger partial charge in [0.25, 0.3) is 5.91 Å². The van der Waals surface area contributed by atoms with Gasteiger partial charge in [-0.05, 0) is 37.1 Å². The van der Waals surface area contributed by atoms with Gasteiger partial charge in [0.1, 0.15) is 11.8 Å². The summed E-state index contributed by atoms with van der Waals surface area (Å²) in [6, 6.07) is 6.26. The van der Waals surface area contributed by atoms with Crippen LogP contribution in [0.4, 0.5) is 0 Å². The topological polar surface area (TPSA) is 81.0 Å². The second-order valence-electron chi connectivity index (χ2n) is 6.79. The van der Waals surface area contributed by atoms with Crippen molar-refractivity contribution in [3.05, 3.63) is 46.9 Å². The van der Waals surface area contributed by atoms with E-state index in [4.69, 9.17) is 25.5 Å². The first kappa shape index (κ1) is 18.7. The molecule has 2 aliphatic rings. The van der Waals surface area contributed by atoms with E-state index in [2.05, 4.69) is 5.32 Å². The van der Waals surface area contributed by atoms with Gasteiger partial charge in [0.2, 0.25) is 5.91 Å². The second-order valence-corrected chi connectivity index (χ2v) is 7.20. The van der Waals surface area contributed by atoms with Crippen LogP contribution >= 0.6 is 11.6 Å². The average Bonchev–Trinajstić information content (AvgIpc) is 3.33. The Labute approximate surface area is 167 Å². The molecular formula is C20H21ClN2O5. The number of hydrogen-bond acceptors (Lipinski definition) is 5. The lowest BCUT2D eigenvalue weighted by atomic mass is 10.1. The molecular weight excluding hydrogens is 384 g/mol. The van der Waals surface area contributed by atoms with E-state index in [0.29, 0.717) is 60.6 Å². The molecule has 1 aromatic carbocycles. The van der Waals surface area contributed by atoms with Crippen LogP contribution in [0.25, 0.3) is 0 Å². The van der Waals surface area contributed by atoms with Gasteiger partial charge in [-0.25, -0.2) is 0 Å². The maximum Gasteiger partial charge on any atom is 0.254 e. The van der Waals surface area contributed by atoms with E-state index in [1.54, 1.807) is 35.4 Å². The number of hydrogen-bond donors (Lipinski definition) is 1. The number of rotatable bonds is 4. The van der Waals surface area contributed by atoms with Crippen LogP contribution in [0.3, 0.4) is 0 Å².